The Morgan fingerprint density at radius 3 is 2.42 bits per heavy atom. The van der Waals surface area contributed by atoms with Crippen LogP contribution in [0, 0.1) is 6.92 Å². The van der Waals surface area contributed by atoms with E-state index in [2.05, 4.69) is 37.2 Å². The number of hydrogen-bond acceptors (Lipinski definition) is 1. The average Bonchev–Trinajstić information content (AvgIpc) is 2.37. The van der Waals surface area contributed by atoms with Crippen LogP contribution in [0.1, 0.15) is 11.1 Å². The lowest BCUT2D eigenvalue weighted by Gasteiger charge is -2.07. The molecule has 2 rings (SSSR count). The minimum absolute atomic E-state index is 0.0157. The zero-order valence-electron chi connectivity index (χ0n) is 10.4. The lowest BCUT2D eigenvalue weighted by atomic mass is 10.1. The molecule has 0 radical (unpaired) electrons. The van der Waals surface area contributed by atoms with Crippen LogP contribution in [0.4, 0.5) is 5.69 Å². The third kappa shape index (κ3) is 4.18. The number of rotatable bonds is 3. The van der Waals surface area contributed by atoms with Gasteiger partial charge in [-0.25, -0.2) is 0 Å². The van der Waals surface area contributed by atoms with Gasteiger partial charge < -0.3 is 5.32 Å². The average molecular weight is 383 g/mol. The van der Waals surface area contributed by atoms with E-state index in [4.69, 9.17) is 0 Å². The summed E-state index contributed by atoms with van der Waals surface area (Å²) < 4.78 is 2.01. The van der Waals surface area contributed by atoms with Crippen LogP contribution >= 0.6 is 31.9 Å². The molecule has 1 N–H and O–H groups in total. The Morgan fingerprint density at radius 1 is 1.11 bits per heavy atom. The molecule has 0 fully saturated rings. The van der Waals surface area contributed by atoms with Gasteiger partial charge in [0.25, 0.3) is 0 Å². The van der Waals surface area contributed by atoms with Crippen LogP contribution in [0.3, 0.4) is 0 Å². The van der Waals surface area contributed by atoms with Crippen molar-refractivity contribution in [1.29, 1.82) is 0 Å². The molecule has 2 aromatic carbocycles. The van der Waals surface area contributed by atoms with Gasteiger partial charge in [-0.15, -0.1) is 0 Å². The topological polar surface area (TPSA) is 29.1 Å². The molecule has 0 unspecified atom stereocenters. The number of hydrogen-bond donors (Lipinski definition) is 1. The Kier molecular flexibility index (Phi) is 4.77. The number of benzene rings is 2. The molecule has 2 nitrogen and oxygen atoms in total. The van der Waals surface area contributed by atoms with Crippen LogP contribution in [0.5, 0.6) is 0 Å². The first kappa shape index (κ1) is 14.3. The summed E-state index contributed by atoms with van der Waals surface area (Å²) in [4.78, 5) is 11.9. The summed E-state index contributed by atoms with van der Waals surface area (Å²) in [5.74, 6) is -0.0157. The Balaban J connectivity index is 2.01. The second-order valence-corrected chi connectivity index (χ2v) is 6.09. The van der Waals surface area contributed by atoms with E-state index in [0.717, 1.165) is 25.8 Å². The van der Waals surface area contributed by atoms with Gasteiger partial charge in [0.05, 0.1) is 6.42 Å². The Hall–Kier alpha value is -1.13. The lowest BCUT2D eigenvalue weighted by molar-refractivity contribution is -0.115. The van der Waals surface area contributed by atoms with Crippen LogP contribution < -0.4 is 5.32 Å². The van der Waals surface area contributed by atoms with Gasteiger partial charge in [0.15, 0.2) is 0 Å². The van der Waals surface area contributed by atoms with Crippen molar-refractivity contribution < 1.29 is 4.79 Å². The van der Waals surface area contributed by atoms with Crippen molar-refractivity contribution in [2.45, 2.75) is 13.3 Å². The van der Waals surface area contributed by atoms with E-state index in [1.165, 1.54) is 0 Å². The number of nitrogens with one attached hydrogen (secondary N) is 1. The van der Waals surface area contributed by atoms with Gasteiger partial charge in [-0.05, 0) is 42.3 Å². The highest BCUT2D eigenvalue weighted by Gasteiger charge is 2.05. The second kappa shape index (κ2) is 6.35. The van der Waals surface area contributed by atoms with Crippen molar-refractivity contribution in [2.24, 2.45) is 0 Å². The van der Waals surface area contributed by atoms with E-state index in [1.807, 2.05) is 49.4 Å². The monoisotopic (exact) mass is 381 g/mol. The molecular weight excluding hydrogens is 370 g/mol. The van der Waals surface area contributed by atoms with Crippen LogP contribution in [0.2, 0.25) is 0 Å². The molecule has 0 aromatic heterocycles. The molecule has 2 aromatic rings. The minimum Gasteiger partial charge on any atom is -0.326 e. The number of halogens is 2. The quantitative estimate of drug-likeness (QED) is 0.818. The molecule has 98 valence electrons. The minimum atomic E-state index is -0.0157. The van der Waals surface area contributed by atoms with Crippen LogP contribution in [0.25, 0.3) is 0 Å². The molecule has 0 spiro atoms. The van der Waals surface area contributed by atoms with Gasteiger partial charge in [-0.2, -0.15) is 0 Å². The molecule has 1 amide bonds. The third-order valence-corrected chi connectivity index (χ3v) is 4.12. The smallest absolute Gasteiger partial charge is 0.228 e. The molecule has 4 heteroatoms. The van der Waals surface area contributed by atoms with E-state index in [-0.39, 0.29) is 5.91 Å². The van der Waals surface area contributed by atoms with E-state index >= 15 is 0 Å². The fraction of sp³-hybridized carbons (Fsp3) is 0.133. The largest absolute Gasteiger partial charge is 0.326 e. The fourth-order valence-electron chi connectivity index (χ4n) is 1.66. The van der Waals surface area contributed by atoms with E-state index in [9.17, 15) is 4.79 Å². The Morgan fingerprint density at radius 2 is 1.79 bits per heavy atom. The van der Waals surface area contributed by atoms with Crippen LogP contribution in [0.15, 0.2) is 51.4 Å². The Labute approximate surface area is 129 Å². The molecule has 0 aliphatic heterocycles. The third-order valence-electron chi connectivity index (χ3n) is 2.73. The van der Waals surface area contributed by atoms with Crippen LogP contribution in [-0.2, 0) is 11.2 Å². The summed E-state index contributed by atoms with van der Waals surface area (Å²) in [5.41, 5.74) is 2.94. The first-order valence-corrected chi connectivity index (χ1v) is 7.43. The number of amides is 1. The molecule has 0 aliphatic rings. The summed E-state index contributed by atoms with van der Waals surface area (Å²) in [6, 6.07) is 13.5. The zero-order valence-corrected chi connectivity index (χ0v) is 13.6. The van der Waals surface area contributed by atoms with Crippen molar-refractivity contribution in [3.05, 3.63) is 62.5 Å². The van der Waals surface area contributed by atoms with Crippen molar-refractivity contribution in [1.82, 2.24) is 0 Å². The van der Waals surface area contributed by atoms with Gasteiger partial charge in [0, 0.05) is 14.6 Å². The molecule has 0 bridgehead atoms. The highest BCUT2D eigenvalue weighted by molar-refractivity contribution is 9.10. The number of carbonyl (C=O) groups excluding carboxylic acids is 1. The second-order valence-electron chi connectivity index (χ2n) is 4.32. The molecule has 0 atom stereocenters. The number of anilines is 1. The van der Waals surface area contributed by atoms with E-state index in [1.54, 1.807) is 0 Å². The number of aryl methyl sites for hydroxylation is 1. The summed E-state index contributed by atoms with van der Waals surface area (Å²) in [5, 5.41) is 2.89. The van der Waals surface area contributed by atoms with Crippen molar-refractivity contribution >= 4 is 43.5 Å². The van der Waals surface area contributed by atoms with Crippen molar-refractivity contribution in [2.75, 3.05) is 5.32 Å². The van der Waals surface area contributed by atoms with Gasteiger partial charge in [-0.1, -0.05) is 50.1 Å². The number of carbonyl (C=O) groups is 1. The molecular formula is C15H13Br2NO. The van der Waals surface area contributed by atoms with Gasteiger partial charge in [-0.3, -0.25) is 4.79 Å². The van der Waals surface area contributed by atoms with Gasteiger partial charge >= 0.3 is 0 Å². The molecule has 0 saturated carbocycles. The molecule has 19 heavy (non-hydrogen) atoms. The fourth-order valence-corrected chi connectivity index (χ4v) is 2.31. The van der Waals surface area contributed by atoms with Crippen LogP contribution in [-0.4, -0.2) is 5.91 Å². The SMILES string of the molecule is Cc1ccc(NC(=O)Cc2ccc(Br)cc2)cc1Br. The maximum absolute atomic E-state index is 11.9. The predicted molar refractivity (Wildman–Crippen MR) is 85.4 cm³/mol. The maximum Gasteiger partial charge on any atom is 0.228 e. The first-order chi connectivity index (χ1) is 9.04. The predicted octanol–water partition coefficient (Wildman–Crippen LogP) is 4.70. The summed E-state index contributed by atoms with van der Waals surface area (Å²) in [7, 11) is 0. The van der Waals surface area contributed by atoms with E-state index < -0.39 is 0 Å². The first-order valence-electron chi connectivity index (χ1n) is 5.85. The summed E-state index contributed by atoms with van der Waals surface area (Å²) in [6.07, 6.45) is 0.374. The van der Waals surface area contributed by atoms with Gasteiger partial charge in [0.1, 0.15) is 0 Å². The normalized spacial score (nSPS) is 10.3. The molecule has 0 saturated heterocycles. The van der Waals surface area contributed by atoms with Crippen molar-refractivity contribution in [3.63, 3.8) is 0 Å². The highest BCUT2D eigenvalue weighted by atomic mass is 79.9. The standard InChI is InChI=1S/C15H13Br2NO/c1-10-2-7-13(9-14(10)17)18-15(19)8-11-3-5-12(16)6-4-11/h2-7,9H,8H2,1H3,(H,18,19). The Bertz CT molecular complexity index is 594. The van der Waals surface area contributed by atoms with Crippen molar-refractivity contribution in [3.8, 4) is 0 Å². The maximum atomic E-state index is 11.9. The summed E-state index contributed by atoms with van der Waals surface area (Å²) in [6.45, 7) is 2.01. The summed E-state index contributed by atoms with van der Waals surface area (Å²) >= 11 is 6.83. The molecule has 0 heterocycles. The van der Waals surface area contributed by atoms with Gasteiger partial charge in [0.2, 0.25) is 5.91 Å². The lowest BCUT2D eigenvalue weighted by Crippen LogP contribution is -2.14. The van der Waals surface area contributed by atoms with E-state index in [0.29, 0.717) is 6.42 Å². The molecule has 0 aliphatic carbocycles. The highest BCUT2D eigenvalue weighted by Crippen LogP contribution is 2.20. The zero-order chi connectivity index (χ0) is 13.8.